The summed E-state index contributed by atoms with van der Waals surface area (Å²) in [4.78, 5) is 0. The van der Waals surface area contributed by atoms with Crippen LogP contribution in [0.25, 0.3) is 0 Å². The molecule has 3 nitrogen and oxygen atoms in total. The van der Waals surface area contributed by atoms with E-state index in [4.69, 9.17) is 10.6 Å². The molecule has 0 aliphatic carbocycles. The summed E-state index contributed by atoms with van der Waals surface area (Å²) in [7, 11) is 0. The highest BCUT2D eigenvalue weighted by Crippen LogP contribution is 2.24. The molecule has 1 rings (SSSR count). The topological polar surface area (TPSA) is 47.3 Å². The van der Waals surface area contributed by atoms with Gasteiger partial charge < -0.3 is 4.74 Å². The summed E-state index contributed by atoms with van der Waals surface area (Å²) in [5.41, 5.74) is 5.16. The van der Waals surface area contributed by atoms with E-state index in [2.05, 4.69) is 25.0 Å². The summed E-state index contributed by atoms with van der Waals surface area (Å²) in [5, 5.41) is 0. The van der Waals surface area contributed by atoms with Gasteiger partial charge >= 0.3 is 0 Å². The average Bonchev–Trinajstić information content (AvgIpc) is 2.36. The summed E-state index contributed by atoms with van der Waals surface area (Å²) in [6.45, 7) is 8.77. The molecule has 0 radical (unpaired) electrons. The molecule has 0 aliphatic rings. The maximum absolute atomic E-state index is 5.60. The fourth-order valence-electron chi connectivity index (χ4n) is 1.69. The Morgan fingerprint density at radius 3 is 2.82 bits per heavy atom. The first-order valence-corrected chi connectivity index (χ1v) is 6.06. The second kappa shape index (κ2) is 7.09. The van der Waals surface area contributed by atoms with E-state index in [1.54, 1.807) is 0 Å². The first-order chi connectivity index (χ1) is 8.21. The van der Waals surface area contributed by atoms with E-state index in [1.807, 2.05) is 25.1 Å². The third-order valence-electron chi connectivity index (χ3n) is 2.77. The third-order valence-corrected chi connectivity index (χ3v) is 2.77. The van der Waals surface area contributed by atoms with Crippen LogP contribution in [-0.2, 0) is 0 Å². The van der Waals surface area contributed by atoms with Crippen molar-refractivity contribution >= 4 is 0 Å². The van der Waals surface area contributed by atoms with E-state index in [-0.39, 0.29) is 6.04 Å². The Morgan fingerprint density at radius 2 is 2.24 bits per heavy atom. The molecule has 0 saturated heterocycles. The van der Waals surface area contributed by atoms with Gasteiger partial charge in [0.25, 0.3) is 0 Å². The standard InChI is InChI=1S/C14H22N2O/c1-4-11(3)9-14(16-15)12-7-6-8-13(10-12)17-5-2/h6-8,10,14,16H,3-5,9,15H2,1-2H3. The van der Waals surface area contributed by atoms with Crippen LogP contribution in [0.15, 0.2) is 36.4 Å². The quantitative estimate of drug-likeness (QED) is 0.433. The zero-order valence-corrected chi connectivity index (χ0v) is 10.7. The van der Waals surface area contributed by atoms with Crippen LogP contribution >= 0.6 is 0 Å². The molecule has 1 atom stereocenters. The first kappa shape index (κ1) is 13.7. The number of benzene rings is 1. The number of nitrogens with two attached hydrogens (primary N) is 1. The lowest BCUT2D eigenvalue weighted by atomic mass is 9.99. The number of hydrazine groups is 1. The molecule has 0 aliphatic heterocycles. The summed E-state index contributed by atoms with van der Waals surface area (Å²) in [6, 6.07) is 8.12. The van der Waals surface area contributed by atoms with Gasteiger partial charge in [-0.05, 0) is 37.5 Å². The first-order valence-electron chi connectivity index (χ1n) is 6.06. The summed E-state index contributed by atoms with van der Waals surface area (Å²) < 4.78 is 5.48. The maximum Gasteiger partial charge on any atom is 0.119 e. The Kier molecular flexibility index (Phi) is 5.73. The van der Waals surface area contributed by atoms with E-state index in [9.17, 15) is 0 Å². The van der Waals surface area contributed by atoms with Crippen LogP contribution in [0.2, 0.25) is 0 Å². The van der Waals surface area contributed by atoms with Crippen LogP contribution in [0.5, 0.6) is 5.75 Å². The van der Waals surface area contributed by atoms with Crippen molar-refractivity contribution in [1.29, 1.82) is 0 Å². The van der Waals surface area contributed by atoms with Gasteiger partial charge in [-0.1, -0.05) is 31.2 Å². The van der Waals surface area contributed by atoms with Crippen molar-refractivity contribution in [3.05, 3.63) is 42.0 Å². The molecule has 0 saturated carbocycles. The second-order valence-electron chi connectivity index (χ2n) is 4.03. The van der Waals surface area contributed by atoms with Crippen LogP contribution in [-0.4, -0.2) is 6.61 Å². The average molecular weight is 234 g/mol. The third kappa shape index (κ3) is 4.21. The SMILES string of the molecule is C=C(CC)CC(NN)c1cccc(OCC)c1. The highest BCUT2D eigenvalue weighted by molar-refractivity contribution is 5.31. The van der Waals surface area contributed by atoms with Gasteiger partial charge in [-0.25, -0.2) is 0 Å². The molecule has 0 fully saturated rings. The van der Waals surface area contributed by atoms with Crippen molar-refractivity contribution in [2.45, 2.75) is 32.7 Å². The molecule has 3 N–H and O–H groups in total. The Labute approximate surface area is 104 Å². The highest BCUT2D eigenvalue weighted by Gasteiger charge is 2.11. The molecule has 1 aromatic carbocycles. The predicted molar refractivity (Wildman–Crippen MR) is 71.7 cm³/mol. The predicted octanol–water partition coefficient (Wildman–Crippen LogP) is 2.95. The van der Waals surface area contributed by atoms with E-state index < -0.39 is 0 Å². The highest BCUT2D eigenvalue weighted by atomic mass is 16.5. The molecule has 0 bridgehead atoms. The Bertz CT molecular complexity index is 363. The number of nitrogens with one attached hydrogen (secondary N) is 1. The van der Waals surface area contributed by atoms with Crippen molar-refractivity contribution in [3.8, 4) is 5.75 Å². The van der Waals surface area contributed by atoms with Gasteiger partial charge in [-0.3, -0.25) is 11.3 Å². The van der Waals surface area contributed by atoms with Gasteiger partial charge in [0.1, 0.15) is 5.75 Å². The minimum absolute atomic E-state index is 0.0999. The lowest BCUT2D eigenvalue weighted by molar-refractivity contribution is 0.339. The zero-order chi connectivity index (χ0) is 12.7. The molecule has 0 aromatic heterocycles. The second-order valence-corrected chi connectivity index (χ2v) is 4.03. The maximum atomic E-state index is 5.60. The largest absolute Gasteiger partial charge is 0.494 e. The lowest BCUT2D eigenvalue weighted by Gasteiger charge is -2.18. The van der Waals surface area contributed by atoms with Crippen LogP contribution in [0.4, 0.5) is 0 Å². The van der Waals surface area contributed by atoms with E-state index >= 15 is 0 Å². The van der Waals surface area contributed by atoms with Crippen LogP contribution in [0, 0.1) is 0 Å². The molecule has 0 heterocycles. The summed E-state index contributed by atoms with van der Waals surface area (Å²) >= 11 is 0. The molecular formula is C14H22N2O. The fourth-order valence-corrected chi connectivity index (χ4v) is 1.69. The lowest BCUT2D eigenvalue weighted by Crippen LogP contribution is -2.28. The normalized spacial score (nSPS) is 12.2. The zero-order valence-electron chi connectivity index (χ0n) is 10.7. The smallest absolute Gasteiger partial charge is 0.119 e. The molecule has 94 valence electrons. The molecule has 1 unspecified atom stereocenters. The molecule has 17 heavy (non-hydrogen) atoms. The molecular weight excluding hydrogens is 212 g/mol. The monoisotopic (exact) mass is 234 g/mol. The Balaban J connectivity index is 2.80. The van der Waals surface area contributed by atoms with Crippen molar-refractivity contribution in [1.82, 2.24) is 5.43 Å². The Hall–Kier alpha value is -1.32. The molecule has 0 amide bonds. The van der Waals surface area contributed by atoms with Gasteiger partial charge in [-0.2, -0.15) is 0 Å². The van der Waals surface area contributed by atoms with Gasteiger partial charge in [0.2, 0.25) is 0 Å². The van der Waals surface area contributed by atoms with Gasteiger partial charge in [-0.15, -0.1) is 0 Å². The van der Waals surface area contributed by atoms with Gasteiger partial charge in [0.05, 0.1) is 6.61 Å². The molecule has 1 aromatic rings. The number of hydrogen-bond acceptors (Lipinski definition) is 3. The van der Waals surface area contributed by atoms with E-state index in [0.717, 1.165) is 24.2 Å². The number of hydrogen-bond donors (Lipinski definition) is 2. The minimum atomic E-state index is 0.0999. The number of rotatable bonds is 7. The molecule has 0 spiro atoms. The fraction of sp³-hybridized carbons (Fsp3) is 0.429. The van der Waals surface area contributed by atoms with Gasteiger partial charge in [0.15, 0.2) is 0 Å². The van der Waals surface area contributed by atoms with Crippen LogP contribution in [0.3, 0.4) is 0 Å². The van der Waals surface area contributed by atoms with Crippen molar-refractivity contribution < 1.29 is 4.74 Å². The van der Waals surface area contributed by atoms with Crippen molar-refractivity contribution in [2.24, 2.45) is 5.84 Å². The van der Waals surface area contributed by atoms with Crippen molar-refractivity contribution in [3.63, 3.8) is 0 Å². The van der Waals surface area contributed by atoms with E-state index in [1.165, 1.54) is 5.57 Å². The Morgan fingerprint density at radius 1 is 1.47 bits per heavy atom. The summed E-state index contributed by atoms with van der Waals surface area (Å²) in [5.74, 6) is 6.48. The van der Waals surface area contributed by atoms with E-state index in [0.29, 0.717) is 6.61 Å². The number of ether oxygens (including phenoxy) is 1. The molecule has 3 heteroatoms. The van der Waals surface area contributed by atoms with Crippen LogP contribution in [0.1, 0.15) is 38.3 Å². The van der Waals surface area contributed by atoms with Crippen molar-refractivity contribution in [2.75, 3.05) is 6.61 Å². The van der Waals surface area contributed by atoms with Crippen LogP contribution < -0.4 is 16.0 Å². The van der Waals surface area contributed by atoms with Gasteiger partial charge in [0, 0.05) is 6.04 Å². The summed E-state index contributed by atoms with van der Waals surface area (Å²) in [6.07, 6.45) is 1.83. The minimum Gasteiger partial charge on any atom is -0.494 e.